The summed E-state index contributed by atoms with van der Waals surface area (Å²) in [6.45, 7) is 9.81. The molecule has 0 saturated carbocycles. The van der Waals surface area contributed by atoms with E-state index in [1.165, 1.54) is 0 Å². The van der Waals surface area contributed by atoms with Gasteiger partial charge in [-0.2, -0.15) is 4.98 Å². The molecule has 1 aliphatic heterocycles. The van der Waals surface area contributed by atoms with E-state index in [1.54, 1.807) is 6.33 Å². The number of aryl methyl sites for hydroxylation is 2. The van der Waals surface area contributed by atoms with Crippen molar-refractivity contribution in [1.29, 1.82) is 0 Å². The highest BCUT2D eigenvalue weighted by atomic mass is 15.3. The Labute approximate surface area is 130 Å². The van der Waals surface area contributed by atoms with Crippen LogP contribution in [0.3, 0.4) is 0 Å². The van der Waals surface area contributed by atoms with Crippen LogP contribution >= 0.6 is 0 Å². The molecule has 2 aromatic rings. The topological polar surface area (TPSA) is 89.0 Å². The van der Waals surface area contributed by atoms with Crippen LogP contribution in [0.2, 0.25) is 0 Å². The second kappa shape index (κ2) is 6.27. The molecule has 3 heterocycles. The fourth-order valence-corrected chi connectivity index (χ4v) is 2.72. The van der Waals surface area contributed by atoms with Gasteiger partial charge >= 0.3 is 0 Å². The van der Waals surface area contributed by atoms with Gasteiger partial charge in [0.1, 0.15) is 18.0 Å². The van der Waals surface area contributed by atoms with Gasteiger partial charge in [0.15, 0.2) is 0 Å². The van der Waals surface area contributed by atoms with Crippen molar-refractivity contribution < 1.29 is 0 Å². The van der Waals surface area contributed by atoms with Crippen LogP contribution in [-0.2, 0) is 6.54 Å². The van der Waals surface area contributed by atoms with Gasteiger partial charge in [0.05, 0.1) is 0 Å². The first-order chi connectivity index (χ1) is 10.6. The number of piperazine rings is 1. The first-order valence-corrected chi connectivity index (χ1v) is 7.55. The summed E-state index contributed by atoms with van der Waals surface area (Å²) in [5, 5.41) is 7.92. The van der Waals surface area contributed by atoms with Crippen molar-refractivity contribution in [2.45, 2.75) is 20.4 Å². The maximum absolute atomic E-state index is 5.74. The van der Waals surface area contributed by atoms with Crippen molar-refractivity contribution in [2.75, 3.05) is 43.4 Å². The first-order valence-electron chi connectivity index (χ1n) is 7.55. The fourth-order valence-electron chi connectivity index (χ4n) is 2.72. The second-order valence-electron chi connectivity index (χ2n) is 5.63. The Morgan fingerprint density at radius 1 is 1.09 bits per heavy atom. The molecule has 2 aromatic heterocycles. The minimum Gasteiger partial charge on any atom is -0.368 e. The van der Waals surface area contributed by atoms with E-state index in [2.05, 4.69) is 34.5 Å². The van der Waals surface area contributed by atoms with Crippen molar-refractivity contribution in [2.24, 2.45) is 0 Å². The molecule has 3 rings (SSSR count). The first kappa shape index (κ1) is 14.7. The molecule has 1 aliphatic rings. The molecule has 8 nitrogen and oxygen atoms in total. The molecular weight excluding hydrogens is 280 g/mol. The Balaban J connectivity index is 1.53. The average Bonchev–Trinajstić information content (AvgIpc) is 2.90. The third-order valence-electron chi connectivity index (χ3n) is 4.02. The molecule has 0 unspecified atom stereocenters. The normalized spacial score (nSPS) is 16.2. The Morgan fingerprint density at radius 3 is 2.50 bits per heavy atom. The van der Waals surface area contributed by atoms with E-state index in [0.717, 1.165) is 56.6 Å². The maximum Gasteiger partial charge on any atom is 0.222 e. The second-order valence-corrected chi connectivity index (χ2v) is 5.63. The highest BCUT2D eigenvalue weighted by Crippen LogP contribution is 2.15. The average molecular weight is 302 g/mol. The molecule has 22 heavy (non-hydrogen) atoms. The Kier molecular flexibility index (Phi) is 4.19. The van der Waals surface area contributed by atoms with Crippen molar-refractivity contribution >= 4 is 11.8 Å². The van der Waals surface area contributed by atoms with Gasteiger partial charge in [0.25, 0.3) is 0 Å². The van der Waals surface area contributed by atoms with Crippen LogP contribution < -0.4 is 10.6 Å². The molecule has 8 heteroatoms. The lowest BCUT2D eigenvalue weighted by Gasteiger charge is -2.35. The molecular formula is C14H22N8. The number of hydrogen-bond acceptors (Lipinski definition) is 7. The van der Waals surface area contributed by atoms with Gasteiger partial charge in [-0.15, -0.1) is 10.2 Å². The minimum absolute atomic E-state index is 0.348. The van der Waals surface area contributed by atoms with Crippen LogP contribution in [0, 0.1) is 13.8 Å². The Bertz CT molecular complexity index is 609. The minimum atomic E-state index is 0.348. The summed E-state index contributed by atoms with van der Waals surface area (Å²) in [6, 6.07) is 1.99. The highest BCUT2D eigenvalue weighted by Gasteiger charge is 2.18. The van der Waals surface area contributed by atoms with E-state index in [-0.39, 0.29) is 0 Å². The van der Waals surface area contributed by atoms with E-state index in [4.69, 9.17) is 5.73 Å². The molecule has 1 saturated heterocycles. The molecule has 118 valence electrons. The van der Waals surface area contributed by atoms with Gasteiger partial charge in [-0.25, -0.2) is 4.98 Å². The highest BCUT2D eigenvalue weighted by molar-refractivity contribution is 5.43. The van der Waals surface area contributed by atoms with E-state index in [1.807, 2.05) is 19.9 Å². The Morgan fingerprint density at radius 2 is 1.86 bits per heavy atom. The molecule has 0 bridgehead atoms. The molecule has 2 N–H and O–H groups in total. The molecule has 0 aromatic carbocycles. The molecule has 0 atom stereocenters. The lowest BCUT2D eigenvalue weighted by atomic mass is 10.3. The predicted octanol–water partition coefficient (Wildman–Crippen LogP) is 0.0893. The van der Waals surface area contributed by atoms with E-state index in [9.17, 15) is 0 Å². The lowest BCUT2D eigenvalue weighted by Crippen LogP contribution is -2.47. The van der Waals surface area contributed by atoms with E-state index in [0.29, 0.717) is 5.95 Å². The van der Waals surface area contributed by atoms with Gasteiger partial charge in [-0.05, 0) is 13.8 Å². The van der Waals surface area contributed by atoms with Crippen molar-refractivity contribution in [3.05, 3.63) is 23.9 Å². The van der Waals surface area contributed by atoms with Crippen LogP contribution in [0.4, 0.5) is 11.8 Å². The van der Waals surface area contributed by atoms with Crippen LogP contribution in [0.25, 0.3) is 0 Å². The predicted molar refractivity (Wildman–Crippen MR) is 84.6 cm³/mol. The number of rotatable bonds is 4. The molecule has 0 radical (unpaired) electrons. The van der Waals surface area contributed by atoms with Crippen molar-refractivity contribution in [3.63, 3.8) is 0 Å². The van der Waals surface area contributed by atoms with E-state index >= 15 is 0 Å². The SMILES string of the molecule is Cc1cc(N2CCN(CCn3cnnc3C)CC2)nc(N)n1. The van der Waals surface area contributed by atoms with Gasteiger partial charge in [-0.3, -0.25) is 4.90 Å². The summed E-state index contributed by atoms with van der Waals surface area (Å²) >= 11 is 0. The molecule has 0 aliphatic carbocycles. The lowest BCUT2D eigenvalue weighted by molar-refractivity contribution is 0.247. The number of nitrogen functional groups attached to an aromatic ring is 1. The largest absolute Gasteiger partial charge is 0.368 e. The maximum atomic E-state index is 5.74. The quantitative estimate of drug-likeness (QED) is 0.856. The zero-order valence-corrected chi connectivity index (χ0v) is 13.1. The van der Waals surface area contributed by atoms with Crippen LogP contribution in [0.15, 0.2) is 12.4 Å². The third-order valence-corrected chi connectivity index (χ3v) is 4.02. The summed E-state index contributed by atoms with van der Waals surface area (Å²) in [5.74, 6) is 2.24. The number of aromatic nitrogens is 5. The summed E-state index contributed by atoms with van der Waals surface area (Å²) < 4.78 is 2.08. The number of nitrogens with zero attached hydrogens (tertiary/aromatic N) is 7. The third kappa shape index (κ3) is 3.33. The summed E-state index contributed by atoms with van der Waals surface area (Å²) in [5.41, 5.74) is 6.65. The van der Waals surface area contributed by atoms with E-state index < -0.39 is 0 Å². The van der Waals surface area contributed by atoms with Gasteiger partial charge in [0, 0.05) is 51.0 Å². The van der Waals surface area contributed by atoms with Crippen LogP contribution in [-0.4, -0.2) is 62.4 Å². The monoisotopic (exact) mass is 302 g/mol. The smallest absolute Gasteiger partial charge is 0.222 e. The van der Waals surface area contributed by atoms with Crippen molar-refractivity contribution in [3.8, 4) is 0 Å². The summed E-state index contributed by atoms with van der Waals surface area (Å²) in [6.07, 6.45) is 1.79. The summed E-state index contributed by atoms with van der Waals surface area (Å²) in [4.78, 5) is 13.2. The summed E-state index contributed by atoms with van der Waals surface area (Å²) in [7, 11) is 0. The van der Waals surface area contributed by atoms with Gasteiger partial charge in [-0.1, -0.05) is 0 Å². The van der Waals surface area contributed by atoms with Crippen LogP contribution in [0.1, 0.15) is 11.5 Å². The number of anilines is 2. The van der Waals surface area contributed by atoms with Gasteiger partial charge in [0.2, 0.25) is 5.95 Å². The standard InChI is InChI=1S/C14H22N8/c1-11-9-13(18-14(15)17-11)21-6-3-20(4-7-21)5-8-22-10-16-19-12(22)2/h9-10H,3-8H2,1-2H3,(H2,15,17,18). The number of nitrogens with two attached hydrogens (primary N) is 1. The fraction of sp³-hybridized carbons (Fsp3) is 0.571. The molecule has 0 spiro atoms. The number of hydrogen-bond donors (Lipinski definition) is 1. The zero-order valence-electron chi connectivity index (χ0n) is 13.1. The molecule has 0 amide bonds. The van der Waals surface area contributed by atoms with Gasteiger partial charge < -0.3 is 15.2 Å². The Hall–Kier alpha value is -2.22. The zero-order chi connectivity index (χ0) is 15.5. The van der Waals surface area contributed by atoms with Crippen molar-refractivity contribution in [1.82, 2.24) is 29.6 Å². The molecule has 1 fully saturated rings. The van der Waals surface area contributed by atoms with Crippen LogP contribution in [0.5, 0.6) is 0 Å².